The van der Waals surface area contributed by atoms with Crippen molar-refractivity contribution < 1.29 is 4.79 Å². The lowest BCUT2D eigenvalue weighted by atomic mass is 9.82. The summed E-state index contributed by atoms with van der Waals surface area (Å²) in [5.41, 5.74) is 2.34. The van der Waals surface area contributed by atoms with Gasteiger partial charge in [-0.25, -0.2) is 0 Å². The van der Waals surface area contributed by atoms with Gasteiger partial charge in [0.25, 0.3) is 0 Å². The average Bonchev–Trinajstić information content (AvgIpc) is 2.42. The number of anilines is 1. The van der Waals surface area contributed by atoms with Gasteiger partial charge >= 0.3 is 0 Å². The summed E-state index contributed by atoms with van der Waals surface area (Å²) in [5.74, 6) is 0.971. The standard InChI is InChI=1S/C16H20N2O/c1-11-3-7-14(8-4-11)16(19)18-15-9-13(10-17)6-5-12(15)2/h5-6,9,11,14H,3-4,7-8H2,1-2H3,(H,18,19). The molecule has 0 bridgehead atoms. The number of rotatable bonds is 2. The summed E-state index contributed by atoms with van der Waals surface area (Å²) < 4.78 is 0. The van der Waals surface area contributed by atoms with Crippen molar-refractivity contribution in [3.63, 3.8) is 0 Å². The first-order valence-electron chi connectivity index (χ1n) is 6.91. The van der Waals surface area contributed by atoms with Crippen LogP contribution in [0.15, 0.2) is 18.2 Å². The van der Waals surface area contributed by atoms with Crippen molar-refractivity contribution in [2.75, 3.05) is 5.32 Å². The number of nitriles is 1. The molecule has 0 atom stereocenters. The van der Waals surface area contributed by atoms with Crippen molar-refractivity contribution in [2.45, 2.75) is 39.5 Å². The van der Waals surface area contributed by atoms with E-state index in [4.69, 9.17) is 5.26 Å². The van der Waals surface area contributed by atoms with Gasteiger partial charge in [-0.1, -0.05) is 13.0 Å². The number of hydrogen-bond acceptors (Lipinski definition) is 2. The lowest BCUT2D eigenvalue weighted by Gasteiger charge is -2.25. The Labute approximate surface area is 114 Å². The van der Waals surface area contributed by atoms with E-state index in [1.54, 1.807) is 12.1 Å². The van der Waals surface area contributed by atoms with Crippen LogP contribution < -0.4 is 5.32 Å². The van der Waals surface area contributed by atoms with Crippen LogP contribution in [0.2, 0.25) is 0 Å². The smallest absolute Gasteiger partial charge is 0.227 e. The number of nitrogens with zero attached hydrogens (tertiary/aromatic N) is 1. The highest BCUT2D eigenvalue weighted by molar-refractivity contribution is 5.93. The second kappa shape index (κ2) is 5.88. The third-order valence-electron chi connectivity index (χ3n) is 4.01. The third kappa shape index (κ3) is 3.35. The topological polar surface area (TPSA) is 52.9 Å². The molecular formula is C16H20N2O. The Morgan fingerprint density at radius 3 is 2.63 bits per heavy atom. The maximum absolute atomic E-state index is 12.2. The average molecular weight is 256 g/mol. The van der Waals surface area contributed by atoms with Crippen LogP contribution in [0.5, 0.6) is 0 Å². The van der Waals surface area contributed by atoms with Crippen LogP contribution >= 0.6 is 0 Å². The van der Waals surface area contributed by atoms with Gasteiger partial charge in [0, 0.05) is 11.6 Å². The molecule has 1 amide bonds. The van der Waals surface area contributed by atoms with Crippen LogP contribution in [-0.2, 0) is 4.79 Å². The highest BCUT2D eigenvalue weighted by Crippen LogP contribution is 2.29. The van der Waals surface area contributed by atoms with Gasteiger partial charge in [0.05, 0.1) is 11.6 Å². The summed E-state index contributed by atoms with van der Waals surface area (Å²) in [6.45, 7) is 4.19. The predicted octanol–water partition coefficient (Wildman–Crippen LogP) is 3.63. The third-order valence-corrected chi connectivity index (χ3v) is 4.01. The largest absolute Gasteiger partial charge is 0.326 e. The lowest BCUT2D eigenvalue weighted by molar-refractivity contribution is -0.121. The quantitative estimate of drug-likeness (QED) is 0.878. The van der Waals surface area contributed by atoms with Gasteiger partial charge in [-0.15, -0.1) is 0 Å². The van der Waals surface area contributed by atoms with E-state index in [-0.39, 0.29) is 11.8 Å². The van der Waals surface area contributed by atoms with Crippen LogP contribution in [0.4, 0.5) is 5.69 Å². The van der Waals surface area contributed by atoms with E-state index in [9.17, 15) is 4.79 Å². The molecule has 0 aliphatic heterocycles. The van der Waals surface area contributed by atoms with Gasteiger partial charge in [-0.3, -0.25) is 4.79 Å². The van der Waals surface area contributed by atoms with E-state index in [0.717, 1.165) is 42.9 Å². The fourth-order valence-electron chi connectivity index (χ4n) is 2.58. The maximum atomic E-state index is 12.2. The second-order valence-corrected chi connectivity index (χ2v) is 5.59. The minimum atomic E-state index is 0.102. The highest BCUT2D eigenvalue weighted by Gasteiger charge is 2.24. The van der Waals surface area contributed by atoms with Crippen molar-refractivity contribution in [3.8, 4) is 6.07 Å². The van der Waals surface area contributed by atoms with E-state index in [1.165, 1.54) is 0 Å². The number of carbonyl (C=O) groups excluding carboxylic acids is 1. The summed E-state index contributed by atoms with van der Waals surface area (Å²) >= 11 is 0. The van der Waals surface area contributed by atoms with Gasteiger partial charge < -0.3 is 5.32 Å². The van der Waals surface area contributed by atoms with E-state index in [2.05, 4.69) is 18.3 Å². The number of amides is 1. The molecular weight excluding hydrogens is 236 g/mol. The molecule has 1 aromatic rings. The Balaban J connectivity index is 2.05. The monoisotopic (exact) mass is 256 g/mol. The van der Waals surface area contributed by atoms with Crippen molar-refractivity contribution in [1.82, 2.24) is 0 Å². The summed E-state index contributed by atoms with van der Waals surface area (Å²) in [5, 5.41) is 11.9. The normalized spacial score (nSPS) is 22.6. The summed E-state index contributed by atoms with van der Waals surface area (Å²) in [4.78, 5) is 12.2. The summed E-state index contributed by atoms with van der Waals surface area (Å²) in [7, 11) is 0. The molecule has 1 fully saturated rings. The van der Waals surface area contributed by atoms with E-state index < -0.39 is 0 Å². The highest BCUT2D eigenvalue weighted by atomic mass is 16.1. The van der Waals surface area contributed by atoms with E-state index in [1.807, 2.05) is 13.0 Å². The molecule has 2 rings (SSSR count). The number of benzene rings is 1. The molecule has 1 N–H and O–H groups in total. The lowest BCUT2D eigenvalue weighted by Crippen LogP contribution is -2.26. The number of nitrogens with one attached hydrogen (secondary N) is 1. The molecule has 0 heterocycles. The zero-order valence-electron chi connectivity index (χ0n) is 11.6. The first-order chi connectivity index (χ1) is 9.10. The molecule has 0 spiro atoms. The maximum Gasteiger partial charge on any atom is 0.227 e. The predicted molar refractivity (Wildman–Crippen MR) is 75.6 cm³/mol. The van der Waals surface area contributed by atoms with Crippen LogP contribution in [0, 0.1) is 30.1 Å². The molecule has 0 aromatic heterocycles. The van der Waals surface area contributed by atoms with Gasteiger partial charge in [0.1, 0.15) is 0 Å². The van der Waals surface area contributed by atoms with Gasteiger partial charge in [0.2, 0.25) is 5.91 Å². The Kier molecular flexibility index (Phi) is 4.21. The van der Waals surface area contributed by atoms with E-state index in [0.29, 0.717) is 5.56 Å². The summed E-state index contributed by atoms with van der Waals surface area (Å²) in [6, 6.07) is 7.49. The molecule has 0 saturated heterocycles. The molecule has 0 radical (unpaired) electrons. The number of aryl methyl sites for hydroxylation is 1. The number of carbonyl (C=O) groups is 1. The number of hydrogen-bond donors (Lipinski definition) is 1. The van der Waals surface area contributed by atoms with Gasteiger partial charge in [-0.05, 0) is 56.2 Å². The van der Waals surface area contributed by atoms with Gasteiger partial charge in [-0.2, -0.15) is 5.26 Å². The molecule has 3 heteroatoms. The molecule has 1 aliphatic carbocycles. The first-order valence-corrected chi connectivity index (χ1v) is 6.91. The van der Waals surface area contributed by atoms with Gasteiger partial charge in [0.15, 0.2) is 0 Å². The zero-order valence-corrected chi connectivity index (χ0v) is 11.6. The minimum Gasteiger partial charge on any atom is -0.326 e. The fourth-order valence-corrected chi connectivity index (χ4v) is 2.58. The molecule has 3 nitrogen and oxygen atoms in total. The minimum absolute atomic E-state index is 0.102. The first kappa shape index (κ1) is 13.6. The van der Waals surface area contributed by atoms with Crippen molar-refractivity contribution in [2.24, 2.45) is 11.8 Å². The zero-order chi connectivity index (χ0) is 13.8. The van der Waals surface area contributed by atoms with Crippen molar-refractivity contribution >= 4 is 11.6 Å². The Hall–Kier alpha value is -1.82. The van der Waals surface area contributed by atoms with Crippen LogP contribution in [-0.4, -0.2) is 5.91 Å². The Bertz CT molecular complexity index is 508. The fraction of sp³-hybridized carbons (Fsp3) is 0.500. The van der Waals surface area contributed by atoms with E-state index >= 15 is 0 Å². The van der Waals surface area contributed by atoms with Crippen LogP contribution in [0.25, 0.3) is 0 Å². The Morgan fingerprint density at radius 2 is 2.00 bits per heavy atom. The molecule has 1 saturated carbocycles. The molecule has 0 unspecified atom stereocenters. The summed E-state index contributed by atoms with van der Waals surface area (Å²) in [6.07, 6.45) is 4.22. The van der Waals surface area contributed by atoms with Crippen molar-refractivity contribution in [1.29, 1.82) is 5.26 Å². The molecule has 19 heavy (non-hydrogen) atoms. The molecule has 1 aliphatic rings. The van der Waals surface area contributed by atoms with Crippen LogP contribution in [0.1, 0.15) is 43.7 Å². The van der Waals surface area contributed by atoms with Crippen LogP contribution in [0.3, 0.4) is 0 Å². The van der Waals surface area contributed by atoms with Crippen molar-refractivity contribution in [3.05, 3.63) is 29.3 Å². The second-order valence-electron chi connectivity index (χ2n) is 5.59. The SMILES string of the molecule is Cc1ccc(C#N)cc1NC(=O)C1CCC(C)CC1. The molecule has 100 valence electrons. The molecule has 1 aromatic carbocycles. The Morgan fingerprint density at radius 1 is 1.32 bits per heavy atom.